The number of halogens is 1. The highest BCUT2D eigenvalue weighted by molar-refractivity contribution is 14.1. The van der Waals surface area contributed by atoms with Crippen molar-refractivity contribution in [2.75, 3.05) is 25.2 Å². The summed E-state index contributed by atoms with van der Waals surface area (Å²) in [7, 11) is 1.70. The topological polar surface area (TPSA) is 24.5 Å². The van der Waals surface area contributed by atoms with Crippen LogP contribution in [-0.4, -0.2) is 20.3 Å². The Labute approximate surface area is 103 Å². The van der Waals surface area contributed by atoms with Crippen molar-refractivity contribution in [2.45, 2.75) is 0 Å². The van der Waals surface area contributed by atoms with Gasteiger partial charge in [-0.25, -0.2) is 0 Å². The van der Waals surface area contributed by atoms with Crippen LogP contribution >= 0.6 is 22.6 Å². The van der Waals surface area contributed by atoms with Crippen LogP contribution in [0.15, 0.2) is 30.5 Å². The minimum atomic E-state index is 0.826. The molecule has 3 nitrogen and oxygen atoms in total. The molecule has 0 amide bonds. The zero-order chi connectivity index (χ0) is 10.7. The number of benzene rings is 1. The van der Waals surface area contributed by atoms with Gasteiger partial charge in [0.05, 0.1) is 19.5 Å². The lowest BCUT2D eigenvalue weighted by molar-refractivity contribution is 0.414. The molecule has 80 valence electrons. The summed E-state index contributed by atoms with van der Waals surface area (Å²) >= 11 is 2.31. The van der Waals surface area contributed by atoms with Gasteiger partial charge in [0.1, 0.15) is 5.75 Å². The second-order valence-electron chi connectivity index (χ2n) is 3.28. The van der Waals surface area contributed by atoms with Crippen molar-refractivity contribution in [3.05, 3.63) is 34.0 Å². The Hall–Kier alpha value is -0.750. The lowest BCUT2D eigenvalue weighted by Gasteiger charge is -2.25. The predicted molar refractivity (Wildman–Crippen MR) is 70.2 cm³/mol. The summed E-state index contributed by atoms with van der Waals surface area (Å²) in [6, 6.07) is 6.17. The van der Waals surface area contributed by atoms with Crippen LogP contribution < -0.4 is 15.0 Å². The molecule has 0 unspecified atom stereocenters. The van der Waals surface area contributed by atoms with E-state index in [1.807, 2.05) is 12.1 Å². The fourth-order valence-electron chi connectivity index (χ4n) is 1.55. The Bertz CT molecular complexity index is 379. The van der Waals surface area contributed by atoms with Crippen LogP contribution in [0.2, 0.25) is 0 Å². The monoisotopic (exact) mass is 316 g/mol. The average Bonchev–Trinajstić information content (AvgIpc) is 2.30. The second-order valence-corrected chi connectivity index (χ2v) is 4.53. The van der Waals surface area contributed by atoms with Gasteiger partial charge in [-0.15, -0.1) is 0 Å². The number of ether oxygens (including phenoxy) is 1. The molecule has 1 N–H and O–H groups in total. The van der Waals surface area contributed by atoms with E-state index in [0.29, 0.717) is 0 Å². The van der Waals surface area contributed by atoms with Crippen LogP contribution in [0, 0.1) is 3.57 Å². The van der Waals surface area contributed by atoms with E-state index in [9.17, 15) is 0 Å². The SMILES string of the molecule is COc1ccc(I)cc1N1C=CCNC1. The van der Waals surface area contributed by atoms with E-state index in [1.54, 1.807) is 7.11 Å². The third-order valence-corrected chi connectivity index (χ3v) is 2.95. The standard InChI is InChI=1S/C11H13IN2O/c1-15-11-4-3-9(12)7-10(11)14-6-2-5-13-8-14/h2-4,6-7,13H,5,8H2,1H3. The van der Waals surface area contributed by atoms with Crippen LogP contribution in [0.1, 0.15) is 0 Å². The predicted octanol–water partition coefficient (Wildman–Crippen LogP) is 2.18. The van der Waals surface area contributed by atoms with E-state index in [1.165, 1.54) is 3.57 Å². The number of hydrogen-bond acceptors (Lipinski definition) is 3. The average molecular weight is 316 g/mol. The van der Waals surface area contributed by atoms with Gasteiger partial charge in [-0.2, -0.15) is 0 Å². The number of nitrogens with one attached hydrogen (secondary N) is 1. The van der Waals surface area contributed by atoms with Crippen molar-refractivity contribution in [1.29, 1.82) is 0 Å². The second kappa shape index (κ2) is 4.85. The van der Waals surface area contributed by atoms with Gasteiger partial charge < -0.3 is 9.64 Å². The molecular weight excluding hydrogens is 303 g/mol. The van der Waals surface area contributed by atoms with Crippen molar-refractivity contribution in [3.8, 4) is 5.75 Å². The fourth-order valence-corrected chi connectivity index (χ4v) is 2.03. The molecule has 0 fully saturated rings. The van der Waals surface area contributed by atoms with Crippen LogP contribution in [0.5, 0.6) is 5.75 Å². The molecular formula is C11H13IN2O. The summed E-state index contributed by atoms with van der Waals surface area (Å²) in [5.74, 6) is 0.906. The van der Waals surface area contributed by atoms with E-state index in [0.717, 1.165) is 24.7 Å². The highest BCUT2D eigenvalue weighted by Crippen LogP contribution is 2.30. The number of methoxy groups -OCH3 is 1. The molecule has 0 bridgehead atoms. The highest BCUT2D eigenvalue weighted by Gasteiger charge is 2.11. The van der Waals surface area contributed by atoms with Crippen molar-refractivity contribution in [3.63, 3.8) is 0 Å². The summed E-state index contributed by atoms with van der Waals surface area (Å²) in [6.07, 6.45) is 4.19. The van der Waals surface area contributed by atoms with Crippen molar-refractivity contribution in [1.82, 2.24) is 5.32 Å². The number of anilines is 1. The van der Waals surface area contributed by atoms with Gasteiger partial charge in [0.2, 0.25) is 0 Å². The van der Waals surface area contributed by atoms with Crippen LogP contribution in [0.4, 0.5) is 5.69 Å². The third-order valence-electron chi connectivity index (χ3n) is 2.28. The molecule has 0 saturated carbocycles. The fraction of sp³-hybridized carbons (Fsp3) is 0.273. The summed E-state index contributed by atoms with van der Waals surface area (Å²) in [6.45, 7) is 1.76. The molecule has 0 aromatic heterocycles. The third kappa shape index (κ3) is 2.43. The molecule has 0 radical (unpaired) electrons. The maximum Gasteiger partial charge on any atom is 0.142 e. The molecule has 1 heterocycles. The maximum absolute atomic E-state index is 5.35. The van der Waals surface area contributed by atoms with Crippen molar-refractivity contribution < 1.29 is 4.74 Å². The first-order chi connectivity index (χ1) is 7.31. The molecule has 0 saturated heterocycles. The van der Waals surface area contributed by atoms with Crippen LogP contribution in [0.3, 0.4) is 0 Å². The van der Waals surface area contributed by atoms with Gasteiger partial charge >= 0.3 is 0 Å². The molecule has 0 aliphatic carbocycles. The van der Waals surface area contributed by atoms with Crippen molar-refractivity contribution in [2.24, 2.45) is 0 Å². The Morgan fingerprint density at radius 1 is 1.47 bits per heavy atom. The summed E-state index contributed by atoms with van der Waals surface area (Å²) in [5.41, 5.74) is 1.10. The lowest BCUT2D eigenvalue weighted by atomic mass is 10.2. The smallest absolute Gasteiger partial charge is 0.142 e. The van der Waals surface area contributed by atoms with Crippen molar-refractivity contribution >= 4 is 28.3 Å². The summed E-state index contributed by atoms with van der Waals surface area (Å²) in [4.78, 5) is 2.14. The highest BCUT2D eigenvalue weighted by atomic mass is 127. The minimum Gasteiger partial charge on any atom is -0.495 e. The van der Waals surface area contributed by atoms with E-state index in [4.69, 9.17) is 4.74 Å². The molecule has 1 aromatic rings. The summed E-state index contributed by atoms with van der Waals surface area (Å²) < 4.78 is 6.56. The van der Waals surface area contributed by atoms with Gasteiger partial charge in [0.15, 0.2) is 0 Å². The molecule has 0 spiro atoms. The van der Waals surface area contributed by atoms with Crippen LogP contribution in [-0.2, 0) is 0 Å². The molecule has 0 atom stereocenters. The molecule has 1 aliphatic rings. The van der Waals surface area contributed by atoms with E-state index in [-0.39, 0.29) is 0 Å². The van der Waals surface area contributed by atoms with E-state index < -0.39 is 0 Å². The summed E-state index contributed by atoms with van der Waals surface area (Å²) in [5, 5.41) is 3.29. The molecule has 4 heteroatoms. The Kier molecular flexibility index (Phi) is 3.48. The zero-order valence-corrected chi connectivity index (χ0v) is 10.7. The number of nitrogens with zero attached hydrogens (tertiary/aromatic N) is 1. The van der Waals surface area contributed by atoms with E-state index in [2.05, 4.69) is 51.1 Å². The van der Waals surface area contributed by atoms with Gasteiger partial charge in [-0.05, 0) is 40.8 Å². The normalized spacial score (nSPS) is 15.5. The van der Waals surface area contributed by atoms with Gasteiger partial charge in [0, 0.05) is 16.3 Å². The minimum absolute atomic E-state index is 0.826. The van der Waals surface area contributed by atoms with E-state index >= 15 is 0 Å². The van der Waals surface area contributed by atoms with Gasteiger partial charge in [-0.3, -0.25) is 5.32 Å². The zero-order valence-electron chi connectivity index (χ0n) is 8.53. The molecule has 15 heavy (non-hydrogen) atoms. The largest absolute Gasteiger partial charge is 0.495 e. The Morgan fingerprint density at radius 3 is 3.00 bits per heavy atom. The van der Waals surface area contributed by atoms with Gasteiger partial charge in [-0.1, -0.05) is 6.08 Å². The Morgan fingerprint density at radius 2 is 2.33 bits per heavy atom. The maximum atomic E-state index is 5.35. The molecule has 2 rings (SSSR count). The lowest BCUT2D eigenvalue weighted by Crippen LogP contribution is -2.34. The quantitative estimate of drug-likeness (QED) is 0.847. The first-order valence-electron chi connectivity index (χ1n) is 4.79. The first kappa shape index (κ1) is 10.8. The first-order valence-corrected chi connectivity index (χ1v) is 5.86. The van der Waals surface area contributed by atoms with Crippen LogP contribution in [0.25, 0.3) is 0 Å². The molecule has 1 aromatic carbocycles. The molecule has 1 aliphatic heterocycles. The number of hydrogen-bond donors (Lipinski definition) is 1. The number of rotatable bonds is 2. The Balaban J connectivity index is 2.35. The van der Waals surface area contributed by atoms with Gasteiger partial charge in [0.25, 0.3) is 0 Å².